The molecule has 5 heteroatoms. The maximum absolute atomic E-state index is 13.3. The highest BCUT2D eigenvalue weighted by Crippen LogP contribution is 2.28. The van der Waals surface area contributed by atoms with Gasteiger partial charge in [0.15, 0.2) is 5.11 Å². The molecular weight excluding hydrogens is 402 g/mol. The van der Waals surface area contributed by atoms with Gasteiger partial charge < -0.3 is 15.5 Å². The lowest BCUT2D eigenvalue weighted by Crippen LogP contribution is -2.30. The van der Waals surface area contributed by atoms with Gasteiger partial charge >= 0.3 is 0 Å². The Morgan fingerprint density at radius 1 is 0.774 bits per heavy atom. The molecule has 0 fully saturated rings. The molecule has 0 atom stereocenters. The molecule has 0 spiro atoms. The van der Waals surface area contributed by atoms with Crippen LogP contribution in [0.15, 0.2) is 97.1 Å². The number of anilines is 3. The summed E-state index contributed by atoms with van der Waals surface area (Å²) < 4.78 is 0. The molecule has 154 valence electrons. The molecule has 0 bridgehead atoms. The zero-order valence-corrected chi connectivity index (χ0v) is 18.0. The average molecular weight is 426 g/mol. The van der Waals surface area contributed by atoms with E-state index >= 15 is 0 Å². The van der Waals surface area contributed by atoms with Gasteiger partial charge in [0.05, 0.1) is 5.69 Å². The highest BCUT2D eigenvalue weighted by atomic mass is 32.1. The highest BCUT2D eigenvalue weighted by Gasteiger charge is 2.18. The fraction of sp³-hybridized carbons (Fsp3) is 0.0769. The van der Waals surface area contributed by atoms with Crippen molar-refractivity contribution in [3.8, 4) is 0 Å². The van der Waals surface area contributed by atoms with Gasteiger partial charge in [-0.25, -0.2) is 0 Å². The molecule has 0 aromatic heterocycles. The van der Waals surface area contributed by atoms with Gasteiger partial charge in [0.25, 0.3) is 5.91 Å². The topological polar surface area (TPSA) is 44.4 Å². The molecule has 4 aromatic rings. The molecular formula is C26H23N3OS. The van der Waals surface area contributed by atoms with E-state index in [4.69, 9.17) is 12.2 Å². The number of thiocarbonyl (C=S) groups is 1. The van der Waals surface area contributed by atoms with Crippen LogP contribution in [0.5, 0.6) is 0 Å². The first-order valence-electron chi connectivity index (χ1n) is 10.2. The van der Waals surface area contributed by atoms with Gasteiger partial charge in [-0.3, -0.25) is 4.79 Å². The molecule has 31 heavy (non-hydrogen) atoms. The molecule has 2 N–H and O–H groups in total. The standard InChI is InChI=1S/C26H23N3OS/c1-2-29(24-14-8-10-19-9-6-7-13-23(19)24)25(30)20-15-17-22(18-16-20)28-26(31)27-21-11-4-3-5-12-21/h3-18H,2H2,1H3,(H2,27,28,31). The van der Waals surface area contributed by atoms with Gasteiger partial charge in [0.1, 0.15) is 0 Å². The van der Waals surface area contributed by atoms with Crippen molar-refractivity contribution >= 4 is 51.1 Å². The highest BCUT2D eigenvalue weighted by molar-refractivity contribution is 7.80. The quantitative estimate of drug-likeness (QED) is 0.368. The van der Waals surface area contributed by atoms with Crippen molar-refractivity contribution in [1.29, 1.82) is 0 Å². The second-order valence-corrected chi connectivity index (χ2v) is 7.48. The minimum absolute atomic E-state index is 0.0320. The summed E-state index contributed by atoms with van der Waals surface area (Å²) in [5.74, 6) is -0.0320. The van der Waals surface area contributed by atoms with Gasteiger partial charge in [-0.15, -0.1) is 0 Å². The molecule has 4 rings (SSSR count). The molecule has 0 aliphatic heterocycles. The number of fused-ring (bicyclic) bond motifs is 1. The van der Waals surface area contributed by atoms with E-state index in [1.807, 2.05) is 96.8 Å². The van der Waals surface area contributed by atoms with Gasteiger partial charge in [-0.1, -0.05) is 54.6 Å². The van der Waals surface area contributed by atoms with Crippen molar-refractivity contribution in [2.24, 2.45) is 0 Å². The van der Waals surface area contributed by atoms with Crippen LogP contribution in [0.4, 0.5) is 17.1 Å². The SMILES string of the molecule is CCN(C(=O)c1ccc(NC(=S)Nc2ccccc2)cc1)c1cccc2ccccc12. The summed E-state index contributed by atoms with van der Waals surface area (Å²) in [4.78, 5) is 15.1. The predicted octanol–water partition coefficient (Wildman–Crippen LogP) is 6.32. The molecule has 0 radical (unpaired) electrons. The van der Waals surface area contributed by atoms with E-state index in [-0.39, 0.29) is 5.91 Å². The van der Waals surface area contributed by atoms with E-state index in [2.05, 4.69) is 22.8 Å². The maximum atomic E-state index is 13.3. The van der Waals surface area contributed by atoms with Gasteiger partial charge in [0, 0.05) is 28.9 Å². The Bertz CT molecular complexity index is 1200. The lowest BCUT2D eigenvalue weighted by Gasteiger charge is -2.23. The van der Waals surface area contributed by atoms with Crippen molar-refractivity contribution in [1.82, 2.24) is 0 Å². The maximum Gasteiger partial charge on any atom is 0.258 e. The van der Waals surface area contributed by atoms with Crippen LogP contribution in [0.3, 0.4) is 0 Å². The Morgan fingerprint density at radius 2 is 1.39 bits per heavy atom. The number of carbonyl (C=O) groups is 1. The zero-order chi connectivity index (χ0) is 21.6. The molecule has 4 nitrogen and oxygen atoms in total. The number of carbonyl (C=O) groups excluding carboxylic acids is 1. The molecule has 0 aliphatic rings. The van der Waals surface area contributed by atoms with Crippen LogP contribution in [0.1, 0.15) is 17.3 Å². The molecule has 0 aliphatic carbocycles. The number of hydrogen-bond acceptors (Lipinski definition) is 2. The zero-order valence-electron chi connectivity index (χ0n) is 17.2. The van der Waals surface area contributed by atoms with Crippen LogP contribution in [0.2, 0.25) is 0 Å². The average Bonchev–Trinajstić information content (AvgIpc) is 2.81. The van der Waals surface area contributed by atoms with Crippen LogP contribution >= 0.6 is 12.2 Å². The van der Waals surface area contributed by atoms with E-state index in [0.717, 1.165) is 27.8 Å². The lowest BCUT2D eigenvalue weighted by atomic mass is 10.1. The van der Waals surface area contributed by atoms with E-state index < -0.39 is 0 Å². The normalized spacial score (nSPS) is 10.5. The van der Waals surface area contributed by atoms with E-state index in [1.165, 1.54) is 0 Å². The smallest absolute Gasteiger partial charge is 0.258 e. The second kappa shape index (κ2) is 9.41. The minimum Gasteiger partial charge on any atom is -0.332 e. The summed E-state index contributed by atoms with van der Waals surface area (Å²) in [7, 11) is 0. The summed E-state index contributed by atoms with van der Waals surface area (Å²) >= 11 is 5.37. The summed E-state index contributed by atoms with van der Waals surface area (Å²) in [5, 5.41) is 8.97. The first-order chi connectivity index (χ1) is 15.2. The Balaban J connectivity index is 1.50. The first-order valence-corrected chi connectivity index (χ1v) is 10.6. The summed E-state index contributed by atoms with van der Waals surface area (Å²) in [5.41, 5.74) is 3.28. The third-order valence-electron chi connectivity index (χ3n) is 5.04. The Kier molecular flexibility index (Phi) is 6.24. The summed E-state index contributed by atoms with van der Waals surface area (Å²) in [6, 6.07) is 31.3. The van der Waals surface area contributed by atoms with Crippen molar-refractivity contribution in [2.75, 3.05) is 22.1 Å². The molecule has 4 aromatic carbocycles. The van der Waals surface area contributed by atoms with Crippen molar-refractivity contribution < 1.29 is 4.79 Å². The number of benzene rings is 4. The molecule has 0 saturated heterocycles. The van der Waals surface area contributed by atoms with Gasteiger partial charge in [0.2, 0.25) is 0 Å². The number of nitrogens with zero attached hydrogens (tertiary/aromatic N) is 1. The molecule has 0 unspecified atom stereocenters. The van der Waals surface area contributed by atoms with Crippen LogP contribution in [-0.4, -0.2) is 17.6 Å². The van der Waals surface area contributed by atoms with E-state index in [1.54, 1.807) is 0 Å². The largest absolute Gasteiger partial charge is 0.332 e. The number of rotatable bonds is 5. The first kappa shape index (κ1) is 20.6. The van der Waals surface area contributed by atoms with Crippen LogP contribution in [0, 0.1) is 0 Å². The van der Waals surface area contributed by atoms with Gasteiger partial charge in [-0.05, 0) is 67.0 Å². The molecule has 1 amide bonds. The van der Waals surface area contributed by atoms with Crippen molar-refractivity contribution in [2.45, 2.75) is 6.92 Å². The second-order valence-electron chi connectivity index (χ2n) is 7.07. The lowest BCUT2D eigenvalue weighted by molar-refractivity contribution is 0.0988. The van der Waals surface area contributed by atoms with Crippen LogP contribution in [-0.2, 0) is 0 Å². The summed E-state index contributed by atoms with van der Waals surface area (Å²) in [6.07, 6.45) is 0. The van der Waals surface area contributed by atoms with E-state index in [9.17, 15) is 4.79 Å². The predicted molar refractivity (Wildman–Crippen MR) is 134 cm³/mol. The molecule has 0 heterocycles. The Labute approximate surface area is 187 Å². The van der Waals surface area contributed by atoms with Gasteiger partial charge in [-0.2, -0.15) is 0 Å². The minimum atomic E-state index is -0.0320. The van der Waals surface area contributed by atoms with Crippen molar-refractivity contribution in [3.63, 3.8) is 0 Å². The number of nitrogens with one attached hydrogen (secondary N) is 2. The van der Waals surface area contributed by atoms with E-state index in [0.29, 0.717) is 17.2 Å². The Morgan fingerprint density at radius 3 is 2.10 bits per heavy atom. The fourth-order valence-corrected chi connectivity index (χ4v) is 3.77. The number of hydrogen-bond donors (Lipinski definition) is 2. The number of para-hydroxylation sites is 1. The third-order valence-corrected chi connectivity index (χ3v) is 5.24. The van der Waals surface area contributed by atoms with Crippen LogP contribution in [0.25, 0.3) is 10.8 Å². The third kappa shape index (κ3) is 4.73. The number of amides is 1. The Hall–Kier alpha value is -3.70. The fourth-order valence-electron chi connectivity index (χ4n) is 3.53. The summed E-state index contributed by atoms with van der Waals surface area (Å²) in [6.45, 7) is 2.57. The van der Waals surface area contributed by atoms with Crippen LogP contribution < -0.4 is 15.5 Å². The molecule has 0 saturated carbocycles. The van der Waals surface area contributed by atoms with Crippen molar-refractivity contribution in [3.05, 3.63) is 103 Å². The monoisotopic (exact) mass is 425 g/mol.